The highest BCUT2D eigenvalue weighted by Gasteiger charge is 2.17. The average molecular weight is 344 g/mol. The SMILES string of the molecule is CCOC(=O)c1cn(CC)c2nc(C)c(/C=C/C(=O)OC)cc2c1=O. The van der Waals surface area contributed by atoms with Gasteiger partial charge in [-0.2, -0.15) is 0 Å². The van der Waals surface area contributed by atoms with Gasteiger partial charge in [-0.15, -0.1) is 0 Å². The topological polar surface area (TPSA) is 87.5 Å². The standard InChI is InChI=1S/C18H20N2O5/c1-5-20-10-14(18(23)25-6-2)16(22)13-9-12(7-8-15(21)24-4)11(3)19-17(13)20/h7-10H,5-6H2,1-4H3/b8-7+. The number of pyridine rings is 2. The second-order valence-corrected chi connectivity index (χ2v) is 5.27. The lowest BCUT2D eigenvalue weighted by Crippen LogP contribution is -2.21. The Bertz CT molecular complexity index is 912. The fourth-order valence-electron chi connectivity index (χ4n) is 2.40. The van der Waals surface area contributed by atoms with Gasteiger partial charge in [0.2, 0.25) is 5.43 Å². The van der Waals surface area contributed by atoms with E-state index in [0.29, 0.717) is 28.8 Å². The molecule has 0 saturated carbocycles. The van der Waals surface area contributed by atoms with Crippen LogP contribution in [0, 0.1) is 6.92 Å². The first-order chi connectivity index (χ1) is 11.9. The van der Waals surface area contributed by atoms with Crippen LogP contribution < -0.4 is 5.43 Å². The molecule has 0 atom stereocenters. The lowest BCUT2D eigenvalue weighted by molar-refractivity contribution is -0.134. The van der Waals surface area contributed by atoms with Crippen LogP contribution in [0.1, 0.15) is 35.5 Å². The summed E-state index contributed by atoms with van der Waals surface area (Å²) in [6, 6.07) is 1.62. The molecule has 0 aliphatic carbocycles. The van der Waals surface area contributed by atoms with Gasteiger partial charge in [-0.3, -0.25) is 4.79 Å². The predicted octanol–water partition coefficient (Wildman–Crippen LogP) is 2.09. The van der Waals surface area contributed by atoms with Crippen molar-refractivity contribution in [3.8, 4) is 0 Å². The molecular weight excluding hydrogens is 324 g/mol. The normalized spacial score (nSPS) is 11.0. The number of esters is 2. The van der Waals surface area contributed by atoms with Gasteiger partial charge in [0, 0.05) is 24.5 Å². The maximum Gasteiger partial charge on any atom is 0.343 e. The van der Waals surface area contributed by atoms with Gasteiger partial charge in [-0.25, -0.2) is 14.6 Å². The van der Waals surface area contributed by atoms with Gasteiger partial charge in [0.25, 0.3) is 0 Å². The van der Waals surface area contributed by atoms with Gasteiger partial charge >= 0.3 is 11.9 Å². The first kappa shape index (κ1) is 18.4. The Morgan fingerprint density at radius 2 is 2.04 bits per heavy atom. The molecule has 0 saturated heterocycles. The third-order valence-electron chi connectivity index (χ3n) is 3.71. The van der Waals surface area contributed by atoms with Gasteiger partial charge in [-0.1, -0.05) is 0 Å². The van der Waals surface area contributed by atoms with E-state index >= 15 is 0 Å². The van der Waals surface area contributed by atoms with Gasteiger partial charge in [0.15, 0.2) is 0 Å². The number of nitrogens with zero attached hydrogens (tertiary/aromatic N) is 2. The number of rotatable bonds is 5. The quantitative estimate of drug-likeness (QED) is 0.610. The molecule has 0 bridgehead atoms. The third kappa shape index (κ3) is 3.76. The molecule has 0 fully saturated rings. The summed E-state index contributed by atoms with van der Waals surface area (Å²) in [5, 5.41) is 0.294. The number of methoxy groups -OCH3 is 1. The van der Waals surface area contributed by atoms with Crippen molar-refractivity contribution in [2.24, 2.45) is 0 Å². The predicted molar refractivity (Wildman–Crippen MR) is 93.4 cm³/mol. The first-order valence-electron chi connectivity index (χ1n) is 7.90. The monoisotopic (exact) mass is 344 g/mol. The Kier molecular flexibility index (Phi) is 5.69. The average Bonchev–Trinajstić information content (AvgIpc) is 2.60. The maximum atomic E-state index is 12.7. The molecule has 0 N–H and O–H groups in total. The second kappa shape index (κ2) is 7.74. The second-order valence-electron chi connectivity index (χ2n) is 5.27. The summed E-state index contributed by atoms with van der Waals surface area (Å²) in [7, 11) is 1.28. The largest absolute Gasteiger partial charge is 0.466 e. The van der Waals surface area contributed by atoms with Crippen LogP contribution in [0.5, 0.6) is 0 Å². The van der Waals surface area contributed by atoms with Crippen LogP contribution in [-0.4, -0.2) is 35.2 Å². The Morgan fingerprint density at radius 3 is 2.64 bits per heavy atom. The Labute approximate surface area is 144 Å². The van der Waals surface area contributed by atoms with E-state index in [4.69, 9.17) is 4.74 Å². The van der Waals surface area contributed by atoms with E-state index < -0.39 is 17.4 Å². The third-order valence-corrected chi connectivity index (χ3v) is 3.71. The smallest absolute Gasteiger partial charge is 0.343 e. The number of aryl methyl sites for hydroxylation is 2. The molecule has 0 aliphatic rings. The van der Waals surface area contributed by atoms with Crippen LogP contribution in [0.15, 0.2) is 23.1 Å². The minimum atomic E-state index is -0.663. The van der Waals surface area contributed by atoms with Crippen molar-refractivity contribution < 1.29 is 19.1 Å². The maximum absolute atomic E-state index is 12.7. The first-order valence-corrected chi connectivity index (χ1v) is 7.90. The number of hydrogen-bond donors (Lipinski definition) is 0. The zero-order chi connectivity index (χ0) is 18.6. The van der Waals surface area contributed by atoms with Gasteiger partial charge in [0.1, 0.15) is 11.2 Å². The van der Waals surface area contributed by atoms with E-state index in [9.17, 15) is 14.4 Å². The molecule has 0 radical (unpaired) electrons. The number of aromatic nitrogens is 2. The van der Waals surface area contributed by atoms with E-state index in [1.807, 2.05) is 6.92 Å². The highest BCUT2D eigenvalue weighted by atomic mass is 16.5. The molecule has 0 aliphatic heterocycles. The molecule has 2 rings (SSSR count). The van der Waals surface area contributed by atoms with Crippen molar-refractivity contribution >= 4 is 29.0 Å². The van der Waals surface area contributed by atoms with E-state index in [2.05, 4.69) is 9.72 Å². The van der Waals surface area contributed by atoms with Crippen LogP contribution in [0.4, 0.5) is 0 Å². The summed E-state index contributed by atoms with van der Waals surface area (Å²) in [5.41, 5.74) is 1.24. The molecule has 132 valence electrons. The van der Waals surface area contributed by atoms with Crippen LogP contribution >= 0.6 is 0 Å². The fourth-order valence-corrected chi connectivity index (χ4v) is 2.40. The lowest BCUT2D eigenvalue weighted by atomic mass is 10.1. The van der Waals surface area contributed by atoms with Crippen molar-refractivity contribution in [1.29, 1.82) is 0 Å². The summed E-state index contributed by atoms with van der Waals surface area (Å²) in [4.78, 5) is 40.5. The minimum Gasteiger partial charge on any atom is -0.466 e. The van der Waals surface area contributed by atoms with Gasteiger partial charge in [-0.05, 0) is 38.5 Å². The molecule has 0 amide bonds. The van der Waals surface area contributed by atoms with Gasteiger partial charge in [0.05, 0.1) is 19.1 Å². The molecule has 2 aromatic heterocycles. The fraction of sp³-hybridized carbons (Fsp3) is 0.333. The zero-order valence-corrected chi connectivity index (χ0v) is 14.7. The van der Waals surface area contributed by atoms with Crippen LogP contribution in [0.3, 0.4) is 0 Å². The molecule has 7 nitrogen and oxygen atoms in total. The molecular formula is C18H20N2O5. The van der Waals surface area contributed by atoms with Crippen molar-refractivity contribution in [3.63, 3.8) is 0 Å². The van der Waals surface area contributed by atoms with Crippen molar-refractivity contribution in [2.75, 3.05) is 13.7 Å². The number of ether oxygens (including phenoxy) is 2. The van der Waals surface area contributed by atoms with E-state index in [1.54, 1.807) is 24.5 Å². The number of carbonyl (C=O) groups is 2. The Morgan fingerprint density at radius 1 is 1.32 bits per heavy atom. The number of hydrogen-bond acceptors (Lipinski definition) is 6. The van der Waals surface area contributed by atoms with Crippen LogP contribution in [0.25, 0.3) is 17.1 Å². The Balaban J connectivity index is 2.71. The highest BCUT2D eigenvalue weighted by molar-refractivity contribution is 5.94. The lowest BCUT2D eigenvalue weighted by Gasteiger charge is -2.12. The minimum absolute atomic E-state index is 0.0373. The summed E-state index contributed by atoms with van der Waals surface area (Å²) in [6.07, 6.45) is 4.25. The summed E-state index contributed by atoms with van der Waals surface area (Å²) in [6.45, 7) is 6.06. The molecule has 2 heterocycles. The molecule has 0 spiro atoms. The Hall–Kier alpha value is -2.96. The zero-order valence-electron chi connectivity index (χ0n) is 14.7. The molecule has 25 heavy (non-hydrogen) atoms. The van der Waals surface area contributed by atoms with Crippen molar-refractivity contribution in [1.82, 2.24) is 9.55 Å². The number of fused-ring (bicyclic) bond motifs is 1. The molecule has 0 unspecified atom stereocenters. The highest BCUT2D eigenvalue weighted by Crippen LogP contribution is 2.17. The van der Waals surface area contributed by atoms with Crippen LogP contribution in [-0.2, 0) is 20.8 Å². The summed E-state index contributed by atoms with van der Waals surface area (Å²) < 4.78 is 11.2. The van der Waals surface area contributed by atoms with Crippen molar-refractivity contribution in [3.05, 3.63) is 45.4 Å². The van der Waals surface area contributed by atoms with E-state index in [-0.39, 0.29) is 12.2 Å². The molecule has 2 aromatic rings. The molecule has 7 heteroatoms. The summed E-state index contributed by atoms with van der Waals surface area (Å²) in [5.74, 6) is -1.17. The van der Waals surface area contributed by atoms with Crippen molar-refractivity contribution in [2.45, 2.75) is 27.3 Å². The number of carbonyl (C=O) groups excluding carboxylic acids is 2. The van der Waals surface area contributed by atoms with Gasteiger partial charge < -0.3 is 14.0 Å². The van der Waals surface area contributed by atoms with E-state index in [0.717, 1.165) is 0 Å². The van der Waals surface area contributed by atoms with E-state index in [1.165, 1.54) is 25.5 Å². The van der Waals surface area contributed by atoms with Crippen LogP contribution in [0.2, 0.25) is 0 Å². The summed E-state index contributed by atoms with van der Waals surface area (Å²) >= 11 is 0. The molecule has 0 aromatic carbocycles.